The van der Waals surface area contributed by atoms with Gasteiger partial charge < -0.3 is 10.2 Å². The number of carbonyl (C=O) groups is 1. The van der Waals surface area contributed by atoms with Gasteiger partial charge in [0.15, 0.2) is 5.78 Å². The molecule has 3 nitrogen and oxygen atoms in total. The summed E-state index contributed by atoms with van der Waals surface area (Å²) in [6.45, 7) is 6.74. The third kappa shape index (κ3) is 1.97. The standard InChI is InChI=1S/C21H32O3/c1-19-11-13(12-22)18(23)10-14(19)4-5-15-16(19)6-8-20(2)17(15)7-9-21(20,3)24/h12,14-17,22,24H,4-11H2,1-3H3/b13-12+/t14?,15-,16+,17+,19+,20+,21+/m1/s1. The van der Waals surface area contributed by atoms with Gasteiger partial charge in [-0.25, -0.2) is 0 Å². The first kappa shape index (κ1) is 16.6. The number of hydrogen-bond donors (Lipinski definition) is 2. The Labute approximate surface area is 145 Å². The lowest BCUT2D eigenvalue weighted by atomic mass is 9.44. The van der Waals surface area contributed by atoms with Gasteiger partial charge in [-0.1, -0.05) is 13.8 Å². The monoisotopic (exact) mass is 332 g/mol. The average Bonchev–Trinajstić information content (AvgIpc) is 2.77. The normalized spacial score (nSPS) is 55.8. The van der Waals surface area contributed by atoms with Crippen LogP contribution in [0.4, 0.5) is 0 Å². The molecule has 3 heteroatoms. The number of fused-ring (bicyclic) bond motifs is 5. The van der Waals surface area contributed by atoms with Gasteiger partial charge in [-0.3, -0.25) is 4.79 Å². The molecular weight excluding hydrogens is 300 g/mol. The van der Waals surface area contributed by atoms with E-state index in [0.717, 1.165) is 44.8 Å². The SMILES string of the molecule is C[C@]12C/C(=C\O)C(=O)CC1CC[C@@H]1[C@@H]2CC[C@@]2(C)[C@H]1CC[C@]2(C)O. The molecule has 1 unspecified atom stereocenters. The molecule has 0 bridgehead atoms. The molecule has 2 N–H and O–H groups in total. The number of aliphatic hydroxyl groups excluding tert-OH is 1. The van der Waals surface area contributed by atoms with Crippen molar-refractivity contribution in [2.45, 2.75) is 77.7 Å². The van der Waals surface area contributed by atoms with Gasteiger partial charge in [0.05, 0.1) is 11.9 Å². The van der Waals surface area contributed by atoms with E-state index in [0.29, 0.717) is 35.7 Å². The Hall–Kier alpha value is -0.830. The highest BCUT2D eigenvalue weighted by molar-refractivity contribution is 5.96. The largest absolute Gasteiger partial charge is 0.515 e. The van der Waals surface area contributed by atoms with Crippen LogP contribution < -0.4 is 0 Å². The van der Waals surface area contributed by atoms with E-state index < -0.39 is 5.60 Å². The van der Waals surface area contributed by atoms with Crippen LogP contribution in [0.2, 0.25) is 0 Å². The zero-order valence-electron chi connectivity index (χ0n) is 15.3. The maximum absolute atomic E-state index is 12.2. The Morgan fingerprint density at radius 2 is 1.75 bits per heavy atom. The fourth-order valence-corrected chi connectivity index (χ4v) is 7.37. The highest BCUT2D eigenvalue weighted by atomic mass is 16.3. The molecule has 24 heavy (non-hydrogen) atoms. The Balaban J connectivity index is 1.67. The maximum atomic E-state index is 12.2. The van der Waals surface area contributed by atoms with Crippen molar-refractivity contribution in [2.75, 3.05) is 0 Å². The van der Waals surface area contributed by atoms with E-state index >= 15 is 0 Å². The molecule has 0 radical (unpaired) electrons. The number of rotatable bonds is 0. The van der Waals surface area contributed by atoms with Crippen LogP contribution in [0.15, 0.2) is 11.8 Å². The van der Waals surface area contributed by atoms with E-state index in [9.17, 15) is 15.0 Å². The van der Waals surface area contributed by atoms with Gasteiger partial charge >= 0.3 is 0 Å². The predicted octanol–water partition coefficient (Wildman–Crippen LogP) is 4.40. The van der Waals surface area contributed by atoms with E-state index in [-0.39, 0.29) is 16.6 Å². The smallest absolute Gasteiger partial charge is 0.162 e. The number of ketones is 1. The first-order chi connectivity index (χ1) is 11.2. The molecular formula is C21H32O3. The molecule has 4 fully saturated rings. The highest BCUT2D eigenvalue weighted by Crippen LogP contribution is 2.68. The van der Waals surface area contributed by atoms with Crippen LogP contribution >= 0.6 is 0 Å². The molecule has 0 amide bonds. The summed E-state index contributed by atoms with van der Waals surface area (Å²) in [7, 11) is 0. The highest BCUT2D eigenvalue weighted by Gasteiger charge is 2.63. The van der Waals surface area contributed by atoms with Crippen molar-refractivity contribution in [3.8, 4) is 0 Å². The molecule has 0 saturated heterocycles. The van der Waals surface area contributed by atoms with Crippen LogP contribution in [-0.4, -0.2) is 21.6 Å². The van der Waals surface area contributed by atoms with Gasteiger partial charge in [-0.2, -0.15) is 0 Å². The first-order valence-electron chi connectivity index (χ1n) is 9.82. The lowest BCUT2D eigenvalue weighted by Gasteiger charge is -2.61. The Morgan fingerprint density at radius 3 is 2.46 bits per heavy atom. The fourth-order valence-electron chi connectivity index (χ4n) is 7.37. The molecule has 0 aromatic rings. The average molecular weight is 332 g/mol. The third-order valence-corrected chi connectivity index (χ3v) is 9.14. The molecule has 4 rings (SSSR count). The third-order valence-electron chi connectivity index (χ3n) is 9.14. The Bertz CT molecular complexity index is 592. The minimum absolute atomic E-state index is 0.0531. The van der Waals surface area contributed by atoms with E-state index in [4.69, 9.17) is 0 Å². The molecule has 4 aliphatic rings. The molecule has 0 aromatic heterocycles. The van der Waals surface area contributed by atoms with Gasteiger partial charge in [0.25, 0.3) is 0 Å². The topological polar surface area (TPSA) is 57.5 Å². The van der Waals surface area contributed by atoms with Gasteiger partial charge in [0.1, 0.15) is 0 Å². The van der Waals surface area contributed by atoms with Crippen LogP contribution in [0.25, 0.3) is 0 Å². The lowest BCUT2D eigenvalue weighted by Crippen LogP contribution is -2.56. The molecule has 0 spiro atoms. The van der Waals surface area contributed by atoms with Crippen molar-refractivity contribution < 1.29 is 15.0 Å². The second-order valence-electron chi connectivity index (χ2n) is 9.88. The van der Waals surface area contributed by atoms with Crippen LogP contribution in [0.3, 0.4) is 0 Å². The van der Waals surface area contributed by atoms with Crippen LogP contribution in [0.1, 0.15) is 72.1 Å². The van der Waals surface area contributed by atoms with E-state index in [2.05, 4.69) is 13.8 Å². The number of carbonyl (C=O) groups excluding carboxylic acids is 1. The predicted molar refractivity (Wildman–Crippen MR) is 93.5 cm³/mol. The van der Waals surface area contributed by atoms with Crippen molar-refractivity contribution in [3.05, 3.63) is 11.8 Å². The van der Waals surface area contributed by atoms with Crippen molar-refractivity contribution >= 4 is 5.78 Å². The van der Waals surface area contributed by atoms with E-state index in [1.807, 2.05) is 6.92 Å². The molecule has 0 aliphatic heterocycles. The second-order valence-corrected chi connectivity index (χ2v) is 9.88. The van der Waals surface area contributed by atoms with Crippen molar-refractivity contribution in [3.63, 3.8) is 0 Å². The molecule has 7 atom stereocenters. The Morgan fingerprint density at radius 1 is 1.04 bits per heavy atom. The van der Waals surface area contributed by atoms with E-state index in [1.54, 1.807) is 0 Å². The molecule has 4 aliphatic carbocycles. The lowest BCUT2D eigenvalue weighted by molar-refractivity contribution is -0.147. The quantitative estimate of drug-likeness (QED) is 0.510. The first-order valence-corrected chi connectivity index (χ1v) is 9.82. The zero-order chi connectivity index (χ0) is 17.3. The van der Waals surface area contributed by atoms with Crippen molar-refractivity contribution in [2.24, 2.45) is 34.5 Å². The zero-order valence-corrected chi connectivity index (χ0v) is 15.3. The number of allylic oxidation sites excluding steroid dienone is 1. The molecule has 0 heterocycles. The number of aliphatic hydroxyl groups is 2. The van der Waals surface area contributed by atoms with Gasteiger partial charge in [0.2, 0.25) is 0 Å². The van der Waals surface area contributed by atoms with Crippen LogP contribution in [-0.2, 0) is 4.79 Å². The second kappa shape index (κ2) is 5.09. The molecule has 4 saturated carbocycles. The number of Topliss-reactive ketones (excluding diaryl/α,β-unsaturated/α-hetero) is 1. The van der Waals surface area contributed by atoms with Gasteiger partial charge in [-0.15, -0.1) is 0 Å². The van der Waals surface area contributed by atoms with E-state index in [1.165, 1.54) is 6.42 Å². The van der Waals surface area contributed by atoms with Gasteiger partial charge in [-0.05, 0) is 86.4 Å². The van der Waals surface area contributed by atoms with Crippen molar-refractivity contribution in [1.82, 2.24) is 0 Å². The summed E-state index contributed by atoms with van der Waals surface area (Å²) in [5, 5.41) is 20.5. The van der Waals surface area contributed by atoms with Crippen LogP contribution in [0, 0.1) is 34.5 Å². The summed E-state index contributed by atoms with van der Waals surface area (Å²) in [6.07, 6.45) is 9.11. The summed E-state index contributed by atoms with van der Waals surface area (Å²) < 4.78 is 0. The summed E-state index contributed by atoms with van der Waals surface area (Å²) in [4.78, 5) is 12.2. The molecule has 0 aromatic carbocycles. The number of hydrogen-bond acceptors (Lipinski definition) is 3. The minimum atomic E-state index is -0.529. The summed E-state index contributed by atoms with van der Waals surface area (Å²) >= 11 is 0. The van der Waals surface area contributed by atoms with Crippen LogP contribution in [0.5, 0.6) is 0 Å². The maximum Gasteiger partial charge on any atom is 0.162 e. The fraction of sp³-hybridized carbons (Fsp3) is 0.857. The Kier molecular flexibility index (Phi) is 3.53. The summed E-state index contributed by atoms with van der Waals surface area (Å²) in [6, 6.07) is 0. The van der Waals surface area contributed by atoms with Gasteiger partial charge in [0, 0.05) is 12.0 Å². The minimum Gasteiger partial charge on any atom is -0.515 e. The van der Waals surface area contributed by atoms with Crippen molar-refractivity contribution in [1.29, 1.82) is 0 Å². The summed E-state index contributed by atoms with van der Waals surface area (Å²) in [5.74, 6) is 2.55. The summed E-state index contributed by atoms with van der Waals surface area (Å²) in [5.41, 5.74) is 0.304. The molecule has 134 valence electrons.